The first-order valence-corrected chi connectivity index (χ1v) is 5.42. The Morgan fingerprint density at radius 1 is 1.62 bits per heavy atom. The van der Waals surface area contributed by atoms with Gasteiger partial charge in [0.15, 0.2) is 0 Å². The van der Waals surface area contributed by atoms with Crippen LogP contribution in [0.3, 0.4) is 0 Å². The van der Waals surface area contributed by atoms with Crippen LogP contribution in [0.15, 0.2) is 18.3 Å². The number of hydrogen-bond donors (Lipinski definition) is 2. The molecule has 0 aliphatic heterocycles. The van der Waals surface area contributed by atoms with Crippen LogP contribution >= 0.6 is 0 Å². The summed E-state index contributed by atoms with van der Waals surface area (Å²) in [6.45, 7) is 0. The molecule has 5 nitrogen and oxygen atoms in total. The fourth-order valence-electron chi connectivity index (χ4n) is 1.79. The van der Waals surface area contributed by atoms with Crippen molar-refractivity contribution in [2.75, 3.05) is 12.5 Å². The van der Waals surface area contributed by atoms with E-state index in [-0.39, 0.29) is 5.91 Å². The molecule has 16 heavy (non-hydrogen) atoms. The zero-order chi connectivity index (χ0) is 11.5. The Bertz CT molecular complexity index is 389. The zero-order valence-corrected chi connectivity index (χ0v) is 9.31. The lowest BCUT2D eigenvalue weighted by Gasteiger charge is -2.34. The molecule has 0 radical (unpaired) electrons. The van der Waals surface area contributed by atoms with Gasteiger partial charge in [0.25, 0.3) is 5.91 Å². The lowest BCUT2D eigenvalue weighted by molar-refractivity contribution is 0.0652. The minimum Gasteiger partial charge on any atom is -0.339 e. The molecule has 86 valence electrons. The number of hydrazine groups is 1. The van der Waals surface area contributed by atoms with Crippen LogP contribution in [0.5, 0.6) is 0 Å². The quantitative estimate of drug-likeness (QED) is 0.588. The first-order valence-electron chi connectivity index (χ1n) is 5.42. The molecule has 1 aliphatic carbocycles. The van der Waals surface area contributed by atoms with Gasteiger partial charge in [-0.3, -0.25) is 4.79 Å². The highest BCUT2D eigenvalue weighted by atomic mass is 16.2. The van der Waals surface area contributed by atoms with Crippen molar-refractivity contribution in [1.82, 2.24) is 9.88 Å². The molecular weight excluding hydrogens is 204 g/mol. The van der Waals surface area contributed by atoms with Gasteiger partial charge < -0.3 is 10.3 Å². The van der Waals surface area contributed by atoms with Crippen LogP contribution in [0.2, 0.25) is 0 Å². The lowest BCUT2D eigenvalue weighted by Crippen LogP contribution is -2.41. The van der Waals surface area contributed by atoms with Gasteiger partial charge in [0.2, 0.25) is 0 Å². The SMILES string of the molecule is CN(C(=O)c1ccnc(NN)c1)C1CCC1. The molecule has 1 fully saturated rings. The Balaban J connectivity index is 2.12. The number of amides is 1. The van der Waals surface area contributed by atoms with Crippen molar-refractivity contribution < 1.29 is 4.79 Å². The van der Waals surface area contributed by atoms with Crippen molar-refractivity contribution in [3.8, 4) is 0 Å². The zero-order valence-electron chi connectivity index (χ0n) is 9.31. The molecule has 3 N–H and O–H groups in total. The number of carbonyl (C=O) groups excluding carboxylic acids is 1. The van der Waals surface area contributed by atoms with Crippen molar-refractivity contribution in [2.45, 2.75) is 25.3 Å². The Labute approximate surface area is 94.6 Å². The predicted octanol–water partition coefficient (Wildman–Crippen LogP) is 0.992. The largest absolute Gasteiger partial charge is 0.339 e. The highest BCUT2D eigenvalue weighted by Crippen LogP contribution is 2.24. The van der Waals surface area contributed by atoms with E-state index in [0.29, 0.717) is 17.4 Å². The van der Waals surface area contributed by atoms with Gasteiger partial charge in [-0.2, -0.15) is 0 Å². The topological polar surface area (TPSA) is 71.2 Å². The first kappa shape index (κ1) is 10.9. The maximum Gasteiger partial charge on any atom is 0.254 e. The van der Waals surface area contributed by atoms with Gasteiger partial charge in [0.1, 0.15) is 5.82 Å². The molecule has 0 saturated heterocycles. The Morgan fingerprint density at radius 2 is 2.38 bits per heavy atom. The molecule has 2 rings (SSSR count). The molecule has 1 aromatic rings. The van der Waals surface area contributed by atoms with E-state index in [0.717, 1.165) is 12.8 Å². The summed E-state index contributed by atoms with van der Waals surface area (Å²) in [4.78, 5) is 17.9. The second-order valence-electron chi connectivity index (χ2n) is 4.07. The average Bonchev–Trinajstić information content (AvgIpc) is 2.25. The van der Waals surface area contributed by atoms with Gasteiger partial charge in [-0.1, -0.05) is 0 Å². The van der Waals surface area contributed by atoms with Gasteiger partial charge in [-0.15, -0.1) is 0 Å². The molecule has 1 aromatic heterocycles. The van der Waals surface area contributed by atoms with Crippen LogP contribution in [-0.4, -0.2) is 28.9 Å². The van der Waals surface area contributed by atoms with Crippen LogP contribution in [0.25, 0.3) is 0 Å². The van der Waals surface area contributed by atoms with Crippen LogP contribution in [0.4, 0.5) is 5.82 Å². The fourth-order valence-corrected chi connectivity index (χ4v) is 1.79. The molecule has 0 aromatic carbocycles. The Morgan fingerprint density at radius 3 is 2.94 bits per heavy atom. The number of nitrogens with zero attached hydrogens (tertiary/aromatic N) is 2. The second-order valence-corrected chi connectivity index (χ2v) is 4.07. The highest BCUT2D eigenvalue weighted by molar-refractivity contribution is 5.94. The second kappa shape index (κ2) is 4.49. The van der Waals surface area contributed by atoms with E-state index in [4.69, 9.17) is 5.84 Å². The minimum absolute atomic E-state index is 0.0311. The summed E-state index contributed by atoms with van der Waals surface area (Å²) in [6, 6.07) is 3.77. The molecule has 1 heterocycles. The van der Waals surface area contributed by atoms with E-state index >= 15 is 0 Å². The summed E-state index contributed by atoms with van der Waals surface area (Å²) in [5.74, 6) is 5.79. The van der Waals surface area contributed by atoms with Gasteiger partial charge in [0, 0.05) is 24.8 Å². The number of hydrogen-bond acceptors (Lipinski definition) is 4. The number of aromatic nitrogens is 1. The third-order valence-electron chi connectivity index (χ3n) is 3.10. The number of nitrogens with two attached hydrogens (primary N) is 1. The van der Waals surface area contributed by atoms with E-state index in [1.807, 2.05) is 7.05 Å². The molecule has 0 atom stereocenters. The van der Waals surface area contributed by atoms with Crippen molar-refractivity contribution in [3.63, 3.8) is 0 Å². The number of nitrogens with one attached hydrogen (secondary N) is 1. The molecule has 1 aliphatic rings. The molecule has 1 saturated carbocycles. The Hall–Kier alpha value is -1.62. The average molecular weight is 220 g/mol. The van der Waals surface area contributed by atoms with E-state index < -0.39 is 0 Å². The predicted molar refractivity (Wildman–Crippen MR) is 61.8 cm³/mol. The number of rotatable bonds is 3. The summed E-state index contributed by atoms with van der Waals surface area (Å²) < 4.78 is 0. The van der Waals surface area contributed by atoms with Gasteiger partial charge in [-0.05, 0) is 31.4 Å². The fraction of sp³-hybridized carbons (Fsp3) is 0.455. The van der Waals surface area contributed by atoms with E-state index in [1.165, 1.54) is 6.42 Å². The first-order chi connectivity index (χ1) is 7.72. The molecular formula is C11H16N4O. The number of carbonyl (C=O) groups is 1. The number of pyridine rings is 1. The van der Waals surface area contributed by atoms with Crippen molar-refractivity contribution in [3.05, 3.63) is 23.9 Å². The molecule has 0 unspecified atom stereocenters. The maximum absolute atomic E-state index is 12.1. The summed E-state index contributed by atoms with van der Waals surface area (Å²) >= 11 is 0. The van der Waals surface area contributed by atoms with E-state index in [9.17, 15) is 4.79 Å². The minimum atomic E-state index is 0.0311. The van der Waals surface area contributed by atoms with Crippen molar-refractivity contribution in [1.29, 1.82) is 0 Å². The van der Waals surface area contributed by atoms with Crippen LogP contribution in [-0.2, 0) is 0 Å². The summed E-state index contributed by atoms with van der Waals surface area (Å²) in [5.41, 5.74) is 3.06. The molecule has 0 spiro atoms. The third-order valence-corrected chi connectivity index (χ3v) is 3.10. The van der Waals surface area contributed by atoms with Crippen LogP contribution < -0.4 is 11.3 Å². The van der Waals surface area contributed by atoms with Crippen LogP contribution in [0.1, 0.15) is 29.6 Å². The molecule has 1 amide bonds. The summed E-state index contributed by atoms with van der Waals surface area (Å²) in [6.07, 6.45) is 5.01. The van der Waals surface area contributed by atoms with Crippen LogP contribution in [0, 0.1) is 0 Å². The number of nitrogen functional groups attached to an aromatic ring is 1. The van der Waals surface area contributed by atoms with Gasteiger partial charge >= 0.3 is 0 Å². The molecule has 0 bridgehead atoms. The summed E-state index contributed by atoms with van der Waals surface area (Å²) in [7, 11) is 1.85. The number of anilines is 1. The third kappa shape index (κ3) is 1.99. The highest BCUT2D eigenvalue weighted by Gasteiger charge is 2.26. The summed E-state index contributed by atoms with van der Waals surface area (Å²) in [5, 5.41) is 0. The molecule has 5 heteroatoms. The maximum atomic E-state index is 12.1. The monoisotopic (exact) mass is 220 g/mol. The van der Waals surface area contributed by atoms with Crippen molar-refractivity contribution in [2.24, 2.45) is 5.84 Å². The van der Waals surface area contributed by atoms with Gasteiger partial charge in [-0.25, -0.2) is 10.8 Å². The van der Waals surface area contributed by atoms with E-state index in [2.05, 4.69) is 10.4 Å². The van der Waals surface area contributed by atoms with E-state index in [1.54, 1.807) is 23.2 Å². The standard InChI is InChI=1S/C11H16N4O/c1-15(9-3-2-4-9)11(16)8-5-6-13-10(7-8)14-12/h5-7,9H,2-4,12H2,1H3,(H,13,14). The van der Waals surface area contributed by atoms with Gasteiger partial charge in [0.05, 0.1) is 0 Å². The Kier molecular flexibility index (Phi) is 3.05. The normalized spacial score (nSPS) is 15.4. The lowest BCUT2D eigenvalue weighted by atomic mass is 9.91. The smallest absolute Gasteiger partial charge is 0.254 e. The van der Waals surface area contributed by atoms with Crippen molar-refractivity contribution >= 4 is 11.7 Å².